The second-order valence-electron chi connectivity index (χ2n) is 5.27. The number of amides is 1. The lowest BCUT2D eigenvalue weighted by molar-refractivity contribution is -0.132. The van der Waals surface area contributed by atoms with Crippen molar-refractivity contribution < 1.29 is 14.0 Å². The van der Waals surface area contributed by atoms with Gasteiger partial charge in [-0.25, -0.2) is 4.39 Å². The van der Waals surface area contributed by atoms with Crippen LogP contribution in [0.2, 0.25) is 0 Å². The first kappa shape index (κ1) is 13.1. The fourth-order valence-corrected chi connectivity index (χ4v) is 2.64. The standard InChI is InChI=1S/C15H17FN2O2/c16-12-5-3-11(4-6-12)14-9-13(20-17-14)10-15(19)18-7-1-2-8-18/h3-6,13H,1-2,7-10H2. The molecule has 3 rings (SSSR count). The first-order chi connectivity index (χ1) is 9.72. The third-order valence-corrected chi connectivity index (χ3v) is 3.77. The Bertz CT molecular complexity index is 521. The second kappa shape index (κ2) is 5.61. The van der Waals surface area contributed by atoms with Gasteiger partial charge in [0.1, 0.15) is 11.9 Å². The highest BCUT2D eigenvalue weighted by Gasteiger charge is 2.27. The molecule has 0 aromatic heterocycles. The maximum absolute atomic E-state index is 12.9. The highest BCUT2D eigenvalue weighted by Crippen LogP contribution is 2.21. The minimum absolute atomic E-state index is 0.142. The molecular weight excluding hydrogens is 259 g/mol. The molecule has 1 aromatic rings. The van der Waals surface area contributed by atoms with Crippen LogP contribution in [0.15, 0.2) is 29.4 Å². The van der Waals surface area contributed by atoms with Gasteiger partial charge in [0.15, 0.2) is 0 Å². The van der Waals surface area contributed by atoms with Gasteiger partial charge in [0.25, 0.3) is 0 Å². The molecule has 0 spiro atoms. The molecule has 1 fully saturated rings. The number of likely N-dealkylation sites (tertiary alicyclic amines) is 1. The lowest BCUT2D eigenvalue weighted by Crippen LogP contribution is -2.30. The van der Waals surface area contributed by atoms with E-state index in [4.69, 9.17) is 4.84 Å². The third kappa shape index (κ3) is 2.81. The molecular formula is C15H17FN2O2. The minimum Gasteiger partial charge on any atom is -0.391 e. The Hall–Kier alpha value is -1.91. The van der Waals surface area contributed by atoms with E-state index in [-0.39, 0.29) is 17.8 Å². The Morgan fingerprint density at radius 3 is 2.70 bits per heavy atom. The molecule has 0 aliphatic carbocycles. The molecule has 20 heavy (non-hydrogen) atoms. The van der Waals surface area contributed by atoms with Crippen molar-refractivity contribution in [3.8, 4) is 0 Å². The Labute approximate surface area is 117 Å². The van der Waals surface area contributed by atoms with Crippen molar-refractivity contribution in [2.24, 2.45) is 5.16 Å². The largest absolute Gasteiger partial charge is 0.391 e. The molecule has 1 unspecified atom stereocenters. The maximum Gasteiger partial charge on any atom is 0.226 e. The fourth-order valence-electron chi connectivity index (χ4n) is 2.64. The number of nitrogens with zero attached hydrogens (tertiary/aromatic N) is 2. The van der Waals surface area contributed by atoms with Gasteiger partial charge in [-0.1, -0.05) is 17.3 Å². The fraction of sp³-hybridized carbons (Fsp3) is 0.467. The van der Waals surface area contributed by atoms with Crippen molar-refractivity contribution in [3.05, 3.63) is 35.6 Å². The first-order valence-electron chi connectivity index (χ1n) is 6.99. The topological polar surface area (TPSA) is 41.9 Å². The summed E-state index contributed by atoms with van der Waals surface area (Å²) in [5, 5.41) is 4.02. The minimum atomic E-state index is -0.269. The maximum atomic E-state index is 12.9. The van der Waals surface area contributed by atoms with E-state index in [1.54, 1.807) is 12.1 Å². The Balaban J connectivity index is 1.56. The normalized spacial score (nSPS) is 21.8. The van der Waals surface area contributed by atoms with Crippen LogP contribution in [0, 0.1) is 5.82 Å². The van der Waals surface area contributed by atoms with Crippen LogP contribution in [0.25, 0.3) is 0 Å². The number of rotatable bonds is 3. The molecule has 0 N–H and O–H groups in total. The molecule has 4 nitrogen and oxygen atoms in total. The molecule has 0 radical (unpaired) electrons. The van der Waals surface area contributed by atoms with Gasteiger partial charge < -0.3 is 9.74 Å². The van der Waals surface area contributed by atoms with Crippen LogP contribution in [-0.2, 0) is 9.63 Å². The zero-order valence-electron chi connectivity index (χ0n) is 11.2. The number of hydrogen-bond acceptors (Lipinski definition) is 3. The molecule has 1 amide bonds. The molecule has 0 bridgehead atoms. The van der Waals surface area contributed by atoms with E-state index in [1.807, 2.05) is 4.90 Å². The number of benzene rings is 1. The summed E-state index contributed by atoms with van der Waals surface area (Å²) in [6, 6.07) is 6.17. The van der Waals surface area contributed by atoms with Crippen LogP contribution >= 0.6 is 0 Å². The zero-order chi connectivity index (χ0) is 13.9. The van der Waals surface area contributed by atoms with E-state index < -0.39 is 0 Å². The molecule has 1 saturated heterocycles. The SMILES string of the molecule is O=C(CC1CC(c2ccc(F)cc2)=NO1)N1CCCC1. The Morgan fingerprint density at radius 2 is 2.00 bits per heavy atom. The van der Waals surface area contributed by atoms with E-state index in [1.165, 1.54) is 12.1 Å². The molecule has 2 aliphatic rings. The van der Waals surface area contributed by atoms with E-state index in [0.29, 0.717) is 12.8 Å². The lowest BCUT2D eigenvalue weighted by Gasteiger charge is -2.16. The van der Waals surface area contributed by atoms with Gasteiger partial charge in [0, 0.05) is 19.5 Å². The summed E-state index contributed by atoms with van der Waals surface area (Å²) < 4.78 is 12.9. The van der Waals surface area contributed by atoms with Gasteiger partial charge in [-0.15, -0.1) is 0 Å². The second-order valence-corrected chi connectivity index (χ2v) is 5.27. The van der Waals surface area contributed by atoms with Crippen molar-refractivity contribution in [2.45, 2.75) is 31.8 Å². The summed E-state index contributed by atoms with van der Waals surface area (Å²) >= 11 is 0. The van der Waals surface area contributed by atoms with E-state index >= 15 is 0 Å². The van der Waals surface area contributed by atoms with E-state index in [2.05, 4.69) is 5.16 Å². The molecule has 2 aliphatic heterocycles. The summed E-state index contributed by atoms with van der Waals surface area (Å²) in [5.41, 5.74) is 1.63. The summed E-state index contributed by atoms with van der Waals surface area (Å²) in [4.78, 5) is 19.2. The molecule has 1 atom stereocenters. The van der Waals surface area contributed by atoms with Crippen molar-refractivity contribution in [2.75, 3.05) is 13.1 Å². The lowest BCUT2D eigenvalue weighted by atomic mass is 10.0. The van der Waals surface area contributed by atoms with Crippen LogP contribution in [0.5, 0.6) is 0 Å². The summed E-state index contributed by atoms with van der Waals surface area (Å²) in [7, 11) is 0. The van der Waals surface area contributed by atoms with Gasteiger partial charge in [0.2, 0.25) is 5.91 Å². The highest BCUT2D eigenvalue weighted by molar-refractivity contribution is 6.01. The third-order valence-electron chi connectivity index (χ3n) is 3.77. The van der Waals surface area contributed by atoms with Crippen molar-refractivity contribution in [3.63, 3.8) is 0 Å². The number of hydrogen-bond donors (Lipinski definition) is 0. The first-order valence-corrected chi connectivity index (χ1v) is 6.99. The number of oxime groups is 1. The number of halogens is 1. The quantitative estimate of drug-likeness (QED) is 0.850. The summed E-state index contributed by atoms with van der Waals surface area (Å²) in [5.74, 6) is -0.128. The predicted molar refractivity (Wildman–Crippen MR) is 72.9 cm³/mol. The molecule has 5 heteroatoms. The van der Waals surface area contributed by atoms with Crippen molar-refractivity contribution >= 4 is 11.6 Å². The molecule has 0 saturated carbocycles. The van der Waals surface area contributed by atoms with Gasteiger partial charge in [-0.05, 0) is 30.5 Å². The molecule has 106 valence electrons. The zero-order valence-corrected chi connectivity index (χ0v) is 11.2. The average molecular weight is 276 g/mol. The highest BCUT2D eigenvalue weighted by atomic mass is 19.1. The van der Waals surface area contributed by atoms with E-state index in [9.17, 15) is 9.18 Å². The Kier molecular flexibility index (Phi) is 3.67. The number of carbonyl (C=O) groups excluding carboxylic acids is 1. The van der Waals surface area contributed by atoms with Crippen LogP contribution in [0.4, 0.5) is 4.39 Å². The summed E-state index contributed by atoms with van der Waals surface area (Å²) in [6.07, 6.45) is 2.96. The van der Waals surface area contributed by atoms with Crippen LogP contribution in [-0.4, -0.2) is 35.7 Å². The van der Waals surface area contributed by atoms with Gasteiger partial charge in [-0.2, -0.15) is 0 Å². The van der Waals surface area contributed by atoms with Crippen molar-refractivity contribution in [1.29, 1.82) is 0 Å². The average Bonchev–Trinajstić information content (AvgIpc) is 3.10. The molecule has 2 heterocycles. The number of carbonyl (C=O) groups is 1. The summed E-state index contributed by atoms with van der Waals surface area (Å²) in [6.45, 7) is 1.72. The van der Waals surface area contributed by atoms with Crippen LogP contribution in [0.1, 0.15) is 31.2 Å². The smallest absolute Gasteiger partial charge is 0.226 e. The van der Waals surface area contributed by atoms with Crippen molar-refractivity contribution in [1.82, 2.24) is 4.90 Å². The van der Waals surface area contributed by atoms with Crippen LogP contribution < -0.4 is 0 Å². The van der Waals surface area contributed by atoms with Gasteiger partial charge >= 0.3 is 0 Å². The van der Waals surface area contributed by atoms with Gasteiger partial charge in [-0.3, -0.25) is 4.79 Å². The van der Waals surface area contributed by atoms with Gasteiger partial charge in [0.05, 0.1) is 12.1 Å². The predicted octanol–water partition coefficient (Wildman–Crippen LogP) is 2.33. The monoisotopic (exact) mass is 276 g/mol. The Morgan fingerprint density at radius 1 is 1.30 bits per heavy atom. The molecule has 1 aromatic carbocycles. The van der Waals surface area contributed by atoms with Crippen LogP contribution in [0.3, 0.4) is 0 Å². The van der Waals surface area contributed by atoms with E-state index in [0.717, 1.165) is 37.2 Å².